The van der Waals surface area contributed by atoms with Crippen LogP contribution in [0.4, 0.5) is 4.79 Å². The lowest BCUT2D eigenvalue weighted by Gasteiger charge is -2.43. The van der Waals surface area contributed by atoms with Crippen molar-refractivity contribution < 1.29 is 9.59 Å². The topological polar surface area (TPSA) is 91.0 Å². The first-order valence-corrected chi connectivity index (χ1v) is 9.56. The predicted molar refractivity (Wildman–Crippen MR) is 97.1 cm³/mol. The van der Waals surface area contributed by atoms with Gasteiger partial charge in [0.15, 0.2) is 5.96 Å². The highest BCUT2D eigenvalue weighted by Crippen LogP contribution is 2.35. The lowest BCUT2D eigenvalue weighted by Crippen LogP contribution is -2.56. The Morgan fingerprint density at radius 2 is 1.96 bits per heavy atom. The molecule has 7 nitrogen and oxygen atoms in total. The van der Waals surface area contributed by atoms with Crippen LogP contribution in [-0.4, -0.2) is 59.4 Å². The molecule has 3 rings (SSSR count). The van der Waals surface area contributed by atoms with Crippen LogP contribution in [0.5, 0.6) is 0 Å². The second kappa shape index (κ2) is 7.22. The fourth-order valence-electron chi connectivity index (χ4n) is 4.35. The number of amides is 3. The van der Waals surface area contributed by atoms with Gasteiger partial charge >= 0.3 is 6.03 Å². The molecule has 0 bridgehead atoms. The van der Waals surface area contributed by atoms with Crippen LogP contribution in [0.3, 0.4) is 0 Å². The van der Waals surface area contributed by atoms with E-state index in [0.29, 0.717) is 19.0 Å². The summed E-state index contributed by atoms with van der Waals surface area (Å²) in [6.07, 6.45) is 8.12. The number of carbonyl (C=O) groups is 2. The van der Waals surface area contributed by atoms with E-state index in [2.05, 4.69) is 10.3 Å². The van der Waals surface area contributed by atoms with Gasteiger partial charge in [-0.05, 0) is 32.6 Å². The molecule has 0 aromatic carbocycles. The van der Waals surface area contributed by atoms with Gasteiger partial charge in [0.25, 0.3) is 0 Å². The molecule has 2 atom stereocenters. The second-order valence-corrected chi connectivity index (χ2v) is 8.03. The summed E-state index contributed by atoms with van der Waals surface area (Å²) in [5.41, 5.74) is 5.41. The van der Waals surface area contributed by atoms with Gasteiger partial charge in [0, 0.05) is 32.1 Å². The van der Waals surface area contributed by atoms with Crippen molar-refractivity contribution in [1.29, 1.82) is 0 Å². The Balaban J connectivity index is 1.64. The van der Waals surface area contributed by atoms with Crippen molar-refractivity contribution >= 4 is 17.9 Å². The predicted octanol–water partition coefficient (Wildman–Crippen LogP) is 1.68. The highest BCUT2D eigenvalue weighted by atomic mass is 16.2. The van der Waals surface area contributed by atoms with E-state index in [1.807, 2.05) is 11.8 Å². The first-order valence-electron chi connectivity index (χ1n) is 9.56. The summed E-state index contributed by atoms with van der Waals surface area (Å²) in [5.74, 6) is 0.441. The van der Waals surface area contributed by atoms with Gasteiger partial charge < -0.3 is 16.0 Å². The fraction of sp³-hybridized carbons (Fsp3) is 0.833. The number of piperidine rings is 1. The first-order chi connectivity index (χ1) is 11.9. The molecule has 2 aliphatic heterocycles. The third kappa shape index (κ3) is 3.90. The number of nitrogens with two attached hydrogens (primary N) is 1. The summed E-state index contributed by atoms with van der Waals surface area (Å²) in [4.78, 5) is 32.8. The van der Waals surface area contributed by atoms with E-state index in [-0.39, 0.29) is 23.8 Å². The van der Waals surface area contributed by atoms with Crippen LogP contribution in [0.2, 0.25) is 0 Å². The van der Waals surface area contributed by atoms with Gasteiger partial charge in [0.05, 0.1) is 12.0 Å². The van der Waals surface area contributed by atoms with Crippen LogP contribution in [0.1, 0.15) is 58.3 Å². The van der Waals surface area contributed by atoms with Crippen LogP contribution in [0.25, 0.3) is 0 Å². The summed E-state index contributed by atoms with van der Waals surface area (Å²) < 4.78 is 0. The zero-order valence-electron chi connectivity index (χ0n) is 15.5. The number of hydrogen-bond donors (Lipinski definition) is 2. The molecule has 0 radical (unpaired) electrons. The van der Waals surface area contributed by atoms with E-state index in [0.717, 1.165) is 32.2 Å². The van der Waals surface area contributed by atoms with Gasteiger partial charge in [0.2, 0.25) is 5.91 Å². The van der Waals surface area contributed by atoms with Crippen molar-refractivity contribution in [3.8, 4) is 0 Å². The normalized spacial score (nSPS) is 31.7. The summed E-state index contributed by atoms with van der Waals surface area (Å²) in [7, 11) is 1.66. The van der Waals surface area contributed by atoms with Gasteiger partial charge in [-0.25, -0.2) is 9.79 Å². The maximum atomic E-state index is 12.7. The van der Waals surface area contributed by atoms with E-state index in [9.17, 15) is 9.59 Å². The Kier molecular flexibility index (Phi) is 5.20. The molecule has 0 aromatic rings. The van der Waals surface area contributed by atoms with Crippen molar-refractivity contribution in [2.24, 2.45) is 16.6 Å². The second-order valence-electron chi connectivity index (χ2n) is 8.03. The molecule has 7 heteroatoms. The number of hydrogen-bond acceptors (Lipinski definition) is 4. The third-order valence-corrected chi connectivity index (χ3v) is 6.12. The van der Waals surface area contributed by atoms with E-state index >= 15 is 0 Å². The van der Waals surface area contributed by atoms with E-state index in [1.54, 1.807) is 7.05 Å². The molecular weight excluding hydrogens is 318 g/mol. The summed E-state index contributed by atoms with van der Waals surface area (Å²) in [5, 5.41) is 3.20. The average Bonchev–Trinajstić information content (AvgIpc) is 2.60. The minimum Gasteiger partial charge on any atom is -0.369 e. The van der Waals surface area contributed by atoms with Gasteiger partial charge in [-0.2, -0.15) is 0 Å². The average molecular weight is 349 g/mol. The maximum absolute atomic E-state index is 12.7. The summed E-state index contributed by atoms with van der Waals surface area (Å²) in [6.45, 7) is 3.42. The standard InChI is InChI=1S/C18H31N5O2/c1-18(11-15(24)22(2)16(19)21-18)13-7-6-10-23(12-13)17(25)20-14-8-4-3-5-9-14/h13-14H,3-12H2,1-2H3,(H2,19,21)(H,20,25)/t13?,18-/m0/s1. The Bertz CT molecular complexity index is 558. The molecule has 25 heavy (non-hydrogen) atoms. The third-order valence-electron chi connectivity index (χ3n) is 6.12. The number of carbonyl (C=O) groups excluding carboxylic acids is 2. The number of urea groups is 1. The lowest BCUT2D eigenvalue weighted by molar-refractivity contribution is -0.129. The maximum Gasteiger partial charge on any atom is 0.317 e. The molecule has 3 aliphatic rings. The van der Waals surface area contributed by atoms with Crippen molar-refractivity contribution in [2.45, 2.75) is 69.9 Å². The number of aliphatic imine (C=N–C) groups is 1. The molecular formula is C18H31N5O2. The smallest absolute Gasteiger partial charge is 0.317 e. The van der Waals surface area contributed by atoms with Crippen molar-refractivity contribution in [3.05, 3.63) is 0 Å². The van der Waals surface area contributed by atoms with Crippen LogP contribution < -0.4 is 11.1 Å². The minimum absolute atomic E-state index is 0.00113. The van der Waals surface area contributed by atoms with Gasteiger partial charge in [-0.15, -0.1) is 0 Å². The number of likely N-dealkylation sites (tertiary alicyclic amines) is 1. The zero-order valence-corrected chi connectivity index (χ0v) is 15.5. The van der Waals surface area contributed by atoms with Crippen molar-refractivity contribution in [3.63, 3.8) is 0 Å². The fourth-order valence-corrected chi connectivity index (χ4v) is 4.35. The monoisotopic (exact) mass is 349 g/mol. The first kappa shape index (κ1) is 18.0. The molecule has 1 aliphatic carbocycles. The van der Waals surface area contributed by atoms with Crippen LogP contribution in [0, 0.1) is 5.92 Å². The largest absolute Gasteiger partial charge is 0.369 e. The molecule has 3 N–H and O–H groups in total. The number of nitrogens with zero attached hydrogens (tertiary/aromatic N) is 3. The summed E-state index contributed by atoms with van der Waals surface area (Å²) in [6, 6.07) is 0.354. The molecule has 0 spiro atoms. The molecule has 1 saturated heterocycles. The molecule has 1 saturated carbocycles. The molecule has 3 amide bonds. The number of nitrogens with one attached hydrogen (secondary N) is 1. The van der Waals surface area contributed by atoms with Gasteiger partial charge in [-0.1, -0.05) is 19.3 Å². The van der Waals surface area contributed by atoms with Crippen LogP contribution in [0.15, 0.2) is 4.99 Å². The van der Waals surface area contributed by atoms with E-state index < -0.39 is 5.54 Å². The zero-order chi connectivity index (χ0) is 18.0. The Morgan fingerprint density at radius 3 is 2.64 bits per heavy atom. The Hall–Kier alpha value is -1.79. The number of guanidine groups is 1. The molecule has 2 fully saturated rings. The minimum atomic E-state index is -0.516. The highest BCUT2D eigenvalue weighted by Gasteiger charge is 2.43. The van der Waals surface area contributed by atoms with Crippen LogP contribution >= 0.6 is 0 Å². The van der Waals surface area contributed by atoms with Crippen molar-refractivity contribution in [1.82, 2.24) is 15.1 Å². The Morgan fingerprint density at radius 1 is 1.24 bits per heavy atom. The highest BCUT2D eigenvalue weighted by molar-refractivity contribution is 5.98. The lowest BCUT2D eigenvalue weighted by atomic mass is 9.77. The quantitative estimate of drug-likeness (QED) is 0.794. The summed E-state index contributed by atoms with van der Waals surface area (Å²) >= 11 is 0. The Labute approximate surface area is 150 Å². The number of rotatable bonds is 2. The van der Waals surface area contributed by atoms with Gasteiger partial charge in [0.1, 0.15) is 0 Å². The molecule has 0 aromatic heterocycles. The van der Waals surface area contributed by atoms with E-state index in [1.165, 1.54) is 24.2 Å². The SMILES string of the molecule is CN1C(=O)C[C@@](C)(C2CCCN(C(=O)NC3CCCCC3)C2)N=C1N. The van der Waals surface area contributed by atoms with Gasteiger partial charge in [-0.3, -0.25) is 9.69 Å². The van der Waals surface area contributed by atoms with E-state index in [4.69, 9.17) is 5.73 Å². The molecule has 2 heterocycles. The molecule has 1 unspecified atom stereocenters. The molecule has 140 valence electrons. The van der Waals surface area contributed by atoms with Crippen molar-refractivity contribution in [2.75, 3.05) is 20.1 Å². The van der Waals surface area contributed by atoms with Crippen LogP contribution in [-0.2, 0) is 4.79 Å².